The lowest BCUT2D eigenvalue weighted by atomic mass is 10.2. The number of ether oxygens (including phenoxy) is 1. The van der Waals surface area contributed by atoms with E-state index in [1.54, 1.807) is 19.1 Å². The van der Waals surface area contributed by atoms with Gasteiger partial charge in [-0.25, -0.2) is 13.2 Å². The van der Waals surface area contributed by atoms with Gasteiger partial charge in [0.2, 0.25) is 0 Å². The molecule has 0 heterocycles. The molecular formula is C10H12O4S. The van der Waals surface area contributed by atoms with Gasteiger partial charge in [0.05, 0.1) is 11.5 Å². The molecule has 0 bridgehead atoms. The van der Waals surface area contributed by atoms with Gasteiger partial charge < -0.3 is 4.74 Å². The Hall–Kier alpha value is -1.36. The summed E-state index contributed by atoms with van der Waals surface area (Å²) < 4.78 is 27.6. The first-order chi connectivity index (χ1) is 6.98. The minimum atomic E-state index is -3.98. The molecule has 0 aliphatic heterocycles. The van der Waals surface area contributed by atoms with Gasteiger partial charge in [0.1, 0.15) is 0 Å². The van der Waals surface area contributed by atoms with Crippen LogP contribution in [-0.2, 0) is 14.6 Å². The van der Waals surface area contributed by atoms with Crippen molar-refractivity contribution in [2.45, 2.75) is 18.7 Å². The Balaban J connectivity index is 3.06. The summed E-state index contributed by atoms with van der Waals surface area (Å²) in [5, 5.41) is -1.20. The zero-order valence-corrected chi connectivity index (χ0v) is 9.37. The van der Waals surface area contributed by atoms with Crippen molar-refractivity contribution in [3.63, 3.8) is 0 Å². The highest BCUT2D eigenvalue weighted by Crippen LogP contribution is 2.13. The van der Waals surface area contributed by atoms with E-state index in [4.69, 9.17) is 0 Å². The standard InChI is InChI=1S/C10H12O4S/c1-3-14-10(11)15(12,13)9-6-4-8(2)5-7-9/h4-7H,3H2,1-2H3. The molecule has 1 aromatic carbocycles. The molecule has 0 saturated carbocycles. The van der Waals surface area contributed by atoms with Crippen LogP contribution in [0.1, 0.15) is 12.5 Å². The van der Waals surface area contributed by atoms with E-state index in [1.165, 1.54) is 12.1 Å². The number of carbonyl (C=O) groups excluding carboxylic acids is 1. The maximum atomic E-state index is 11.6. The van der Waals surface area contributed by atoms with Crippen LogP contribution in [0.15, 0.2) is 29.2 Å². The topological polar surface area (TPSA) is 60.4 Å². The summed E-state index contributed by atoms with van der Waals surface area (Å²) in [4.78, 5) is 11.1. The smallest absolute Gasteiger partial charge is 0.429 e. The summed E-state index contributed by atoms with van der Waals surface area (Å²) in [6.45, 7) is 3.44. The average Bonchev–Trinajstić information content (AvgIpc) is 2.18. The third kappa shape index (κ3) is 2.56. The Labute approximate surface area is 88.8 Å². The van der Waals surface area contributed by atoms with Crippen molar-refractivity contribution in [3.05, 3.63) is 29.8 Å². The molecule has 1 rings (SSSR count). The second-order valence-corrected chi connectivity index (χ2v) is 4.81. The van der Waals surface area contributed by atoms with Gasteiger partial charge in [-0.05, 0) is 26.0 Å². The predicted molar refractivity (Wildman–Crippen MR) is 55.4 cm³/mol. The van der Waals surface area contributed by atoms with Crippen molar-refractivity contribution in [1.82, 2.24) is 0 Å². The van der Waals surface area contributed by atoms with Crippen LogP contribution in [0, 0.1) is 6.92 Å². The minimum absolute atomic E-state index is 0.0356. The Kier molecular flexibility index (Phi) is 3.47. The highest BCUT2D eigenvalue weighted by Gasteiger charge is 2.25. The maximum Gasteiger partial charge on any atom is 0.429 e. The fraction of sp³-hybridized carbons (Fsp3) is 0.300. The van der Waals surface area contributed by atoms with Crippen molar-refractivity contribution < 1.29 is 17.9 Å². The first-order valence-electron chi connectivity index (χ1n) is 4.47. The van der Waals surface area contributed by atoms with E-state index in [-0.39, 0.29) is 11.5 Å². The molecule has 0 fully saturated rings. The number of benzene rings is 1. The third-order valence-corrected chi connectivity index (χ3v) is 3.26. The van der Waals surface area contributed by atoms with Gasteiger partial charge in [0.25, 0.3) is 9.84 Å². The molecule has 0 unspecified atom stereocenters. The van der Waals surface area contributed by atoms with Crippen molar-refractivity contribution in [1.29, 1.82) is 0 Å². The zero-order valence-electron chi connectivity index (χ0n) is 8.56. The van der Waals surface area contributed by atoms with Crippen LogP contribution in [0.3, 0.4) is 0 Å². The van der Waals surface area contributed by atoms with Crippen LogP contribution >= 0.6 is 0 Å². The summed E-state index contributed by atoms with van der Waals surface area (Å²) in [5.41, 5.74) is 0.929. The number of aryl methyl sites for hydroxylation is 1. The lowest BCUT2D eigenvalue weighted by molar-refractivity contribution is 0.178. The minimum Gasteiger partial charge on any atom is -0.454 e. The molecule has 4 nitrogen and oxygen atoms in total. The molecule has 0 spiro atoms. The van der Waals surface area contributed by atoms with Gasteiger partial charge in [-0.15, -0.1) is 0 Å². The Morgan fingerprint density at radius 2 is 1.80 bits per heavy atom. The summed E-state index contributed by atoms with van der Waals surface area (Å²) in [7, 11) is -3.98. The molecule has 82 valence electrons. The van der Waals surface area contributed by atoms with Crippen molar-refractivity contribution in [3.8, 4) is 0 Å². The molecule has 0 aliphatic rings. The molecule has 0 aromatic heterocycles. The van der Waals surface area contributed by atoms with Gasteiger partial charge in [-0.3, -0.25) is 0 Å². The lowest BCUT2D eigenvalue weighted by Crippen LogP contribution is -2.16. The highest BCUT2D eigenvalue weighted by molar-refractivity contribution is 8.05. The second-order valence-electron chi connectivity index (χ2n) is 3.00. The first kappa shape index (κ1) is 11.7. The first-order valence-corrected chi connectivity index (χ1v) is 5.95. The molecule has 0 radical (unpaired) electrons. The molecule has 5 heteroatoms. The summed E-state index contributed by atoms with van der Waals surface area (Å²) >= 11 is 0. The van der Waals surface area contributed by atoms with Crippen LogP contribution in [0.25, 0.3) is 0 Å². The summed E-state index contributed by atoms with van der Waals surface area (Å²) in [6.07, 6.45) is 0. The van der Waals surface area contributed by atoms with E-state index in [1.807, 2.05) is 6.92 Å². The van der Waals surface area contributed by atoms with Crippen LogP contribution in [-0.4, -0.2) is 20.3 Å². The maximum absolute atomic E-state index is 11.6. The number of hydrogen-bond donors (Lipinski definition) is 0. The zero-order chi connectivity index (χ0) is 11.5. The second kappa shape index (κ2) is 4.44. The lowest BCUT2D eigenvalue weighted by Gasteiger charge is -2.03. The fourth-order valence-electron chi connectivity index (χ4n) is 1.01. The van der Waals surface area contributed by atoms with Crippen LogP contribution in [0.4, 0.5) is 4.79 Å². The van der Waals surface area contributed by atoms with E-state index >= 15 is 0 Å². The normalized spacial score (nSPS) is 11.1. The highest BCUT2D eigenvalue weighted by atomic mass is 32.2. The van der Waals surface area contributed by atoms with Gasteiger partial charge in [0.15, 0.2) is 0 Å². The molecule has 0 amide bonds. The van der Waals surface area contributed by atoms with Gasteiger partial charge in [-0.2, -0.15) is 0 Å². The fourth-order valence-corrected chi connectivity index (χ4v) is 1.97. The SMILES string of the molecule is CCOC(=O)S(=O)(=O)c1ccc(C)cc1. The summed E-state index contributed by atoms with van der Waals surface area (Å²) in [6, 6.07) is 6.04. The average molecular weight is 228 g/mol. The molecule has 1 aromatic rings. The van der Waals surface area contributed by atoms with Gasteiger partial charge in [-0.1, -0.05) is 17.7 Å². The van der Waals surface area contributed by atoms with Crippen LogP contribution in [0.5, 0.6) is 0 Å². The van der Waals surface area contributed by atoms with Crippen molar-refractivity contribution in [2.75, 3.05) is 6.61 Å². The molecule has 0 atom stereocenters. The largest absolute Gasteiger partial charge is 0.454 e. The van der Waals surface area contributed by atoms with Gasteiger partial charge >= 0.3 is 5.30 Å². The van der Waals surface area contributed by atoms with E-state index in [0.717, 1.165) is 5.56 Å². The molecular weight excluding hydrogens is 216 g/mol. The molecule has 0 N–H and O–H groups in total. The van der Waals surface area contributed by atoms with E-state index < -0.39 is 15.1 Å². The van der Waals surface area contributed by atoms with E-state index in [2.05, 4.69) is 4.74 Å². The monoisotopic (exact) mass is 228 g/mol. The number of sulfone groups is 1. The molecule has 15 heavy (non-hydrogen) atoms. The van der Waals surface area contributed by atoms with Crippen LogP contribution < -0.4 is 0 Å². The Morgan fingerprint density at radius 1 is 1.27 bits per heavy atom. The predicted octanol–water partition coefficient (Wildman–Crippen LogP) is 1.93. The summed E-state index contributed by atoms with van der Waals surface area (Å²) in [5.74, 6) is 0. The van der Waals surface area contributed by atoms with Crippen molar-refractivity contribution in [2.24, 2.45) is 0 Å². The quantitative estimate of drug-likeness (QED) is 0.725. The Bertz CT molecular complexity index is 445. The van der Waals surface area contributed by atoms with Gasteiger partial charge in [0, 0.05) is 0 Å². The van der Waals surface area contributed by atoms with Crippen LogP contribution in [0.2, 0.25) is 0 Å². The van der Waals surface area contributed by atoms with E-state index in [9.17, 15) is 13.2 Å². The third-order valence-electron chi connectivity index (χ3n) is 1.81. The number of carbonyl (C=O) groups is 1. The van der Waals surface area contributed by atoms with E-state index in [0.29, 0.717) is 0 Å². The Morgan fingerprint density at radius 3 is 2.27 bits per heavy atom. The molecule has 0 saturated heterocycles. The number of rotatable bonds is 2. The number of hydrogen-bond acceptors (Lipinski definition) is 4. The molecule has 0 aliphatic carbocycles. The van der Waals surface area contributed by atoms with Crippen molar-refractivity contribution >= 4 is 15.1 Å².